The van der Waals surface area contributed by atoms with Gasteiger partial charge in [-0.15, -0.1) is 11.3 Å². The number of nitrogens with zero attached hydrogens (tertiary/aromatic N) is 4. The molecule has 11 rings (SSSR count). The number of hydrogen-bond acceptors (Lipinski definition) is 5. The zero-order valence-corrected chi connectivity index (χ0v) is 33.8. The maximum Gasteiger partial charge on any atom is 0.160 e. The Balaban J connectivity index is 0.971. The largest absolute Gasteiger partial charge is 0.228 e. The van der Waals surface area contributed by atoms with Crippen molar-refractivity contribution in [1.29, 1.82) is 0 Å². The van der Waals surface area contributed by atoms with E-state index >= 15 is 0 Å². The minimum atomic E-state index is 0.710. The zero-order valence-electron chi connectivity index (χ0n) is 33.0. The molecule has 0 unspecified atom stereocenters. The van der Waals surface area contributed by atoms with Gasteiger partial charge in [0.25, 0.3) is 0 Å². The van der Waals surface area contributed by atoms with Crippen molar-refractivity contribution in [2.75, 3.05) is 0 Å². The molecule has 0 atom stereocenters. The van der Waals surface area contributed by atoms with Crippen LogP contribution in [0.5, 0.6) is 0 Å². The Labute approximate surface area is 358 Å². The molecule has 0 N–H and O–H groups in total. The van der Waals surface area contributed by atoms with Gasteiger partial charge < -0.3 is 0 Å². The quantitative estimate of drug-likeness (QED) is 0.154. The third-order valence-corrected chi connectivity index (χ3v) is 12.4. The van der Waals surface area contributed by atoms with Crippen LogP contribution in [0.1, 0.15) is 0 Å². The van der Waals surface area contributed by atoms with Crippen LogP contribution in [-0.4, -0.2) is 19.9 Å². The first-order chi connectivity index (χ1) is 30.2. The van der Waals surface area contributed by atoms with Gasteiger partial charge in [0.2, 0.25) is 0 Å². The third kappa shape index (κ3) is 7.07. The highest BCUT2D eigenvalue weighted by Crippen LogP contribution is 2.45. The molecule has 0 fully saturated rings. The summed E-state index contributed by atoms with van der Waals surface area (Å²) in [7, 11) is 0. The average molecular weight is 797 g/mol. The van der Waals surface area contributed by atoms with Crippen molar-refractivity contribution >= 4 is 31.5 Å². The molecule has 61 heavy (non-hydrogen) atoms. The second-order valence-electron chi connectivity index (χ2n) is 15.0. The smallest absolute Gasteiger partial charge is 0.160 e. The summed E-state index contributed by atoms with van der Waals surface area (Å²) in [6.45, 7) is 0. The SMILES string of the molecule is c1ccc(-c2cc(-c3ccc(-c4ccc(-c5ccc(-c6cc(-c7ccccc7)nc(-c7ccccc7)n6)cc5)c5c4sc4ccccc45)cc3)nc(-c3ccccc3)n2)cc1. The van der Waals surface area contributed by atoms with E-state index in [2.05, 4.69) is 146 Å². The second kappa shape index (κ2) is 15.7. The molecule has 0 aliphatic carbocycles. The van der Waals surface area contributed by atoms with Crippen molar-refractivity contribution in [2.45, 2.75) is 0 Å². The Morgan fingerprint density at radius 3 is 1.08 bits per heavy atom. The molecule has 11 aromatic rings. The van der Waals surface area contributed by atoms with E-state index in [4.69, 9.17) is 19.9 Å². The van der Waals surface area contributed by atoms with Gasteiger partial charge in [0.1, 0.15) is 0 Å². The molecule has 0 spiro atoms. The molecule has 0 aliphatic heterocycles. The van der Waals surface area contributed by atoms with Crippen molar-refractivity contribution in [3.05, 3.63) is 218 Å². The van der Waals surface area contributed by atoms with E-state index in [0.29, 0.717) is 11.6 Å². The lowest BCUT2D eigenvalue weighted by molar-refractivity contribution is 1.18. The van der Waals surface area contributed by atoms with Crippen molar-refractivity contribution in [3.8, 4) is 90.1 Å². The molecule has 0 amide bonds. The normalized spacial score (nSPS) is 11.3. The molecule has 0 saturated carbocycles. The summed E-state index contributed by atoms with van der Waals surface area (Å²) in [4.78, 5) is 20.1. The van der Waals surface area contributed by atoms with E-state index in [1.807, 2.05) is 84.1 Å². The number of thiophene rings is 1. The summed E-state index contributed by atoms with van der Waals surface area (Å²) in [6.07, 6.45) is 0. The van der Waals surface area contributed by atoms with Gasteiger partial charge in [-0.3, -0.25) is 0 Å². The lowest BCUT2D eigenvalue weighted by Crippen LogP contribution is -1.96. The fourth-order valence-corrected chi connectivity index (χ4v) is 9.34. The van der Waals surface area contributed by atoms with Gasteiger partial charge in [0.05, 0.1) is 22.8 Å². The Morgan fingerprint density at radius 1 is 0.279 bits per heavy atom. The number of aromatic nitrogens is 4. The van der Waals surface area contributed by atoms with Crippen molar-refractivity contribution in [3.63, 3.8) is 0 Å². The van der Waals surface area contributed by atoms with Crippen LogP contribution in [0.3, 0.4) is 0 Å². The molecule has 0 bridgehead atoms. The fourth-order valence-electron chi connectivity index (χ4n) is 8.07. The number of fused-ring (bicyclic) bond motifs is 3. The van der Waals surface area contributed by atoms with Gasteiger partial charge in [0, 0.05) is 53.6 Å². The van der Waals surface area contributed by atoms with Crippen LogP contribution in [0, 0.1) is 0 Å². The van der Waals surface area contributed by atoms with E-state index in [1.165, 1.54) is 31.3 Å². The molecule has 286 valence electrons. The van der Waals surface area contributed by atoms with E-state index in [0.717, 1.165) is 67.3 Å². The Hall–Kier alpha value is -7.86. The molecule has 0 aliphatic rings. The van der Waals surface area contributed by atoms with Crippen LogP contribution < -0.4 is 0 Å². The Morgan fingerprint density at radius 2 is 0.623 bits per heavy atom. The highest BCUT2D eigenvalue weighted by molar-refractivity contribution is 7.26. The van der Waals surface area contributed by atoms with Crippen LogP contribution >= 0.6 is 11.3 Å². The van der Waals surface area contributed by atoms with Crippen LogP contribution in [-0.2, 0) is 0 Å². The van der Waals surface area contributed by atoms with E-state index in [1.54, 1.807) is 0 Å². The predicted molar refractivity (Wildman–Crippen MR) is 254 cm³/mol. The van der Waals surface area contributed by atoms with Crippen molar-refractivity contribution < 1.29 is 0 Å². The van der Waals surface area contributed by atoms with Gasteiger partial charge in [-0.1, -0.05) is 200 Å². The lowest BCUT2D eigenvalue weighted by atomic mass is 9.93. The Kier molecular flexibility index (Phi) is 9.34. The number of rotatable bonds is 8. The van der Waals surface area contributed by atoms with E-state index in [9.17, 15) is 0 Å². The minimum Gasteiger partial charge on any atom is -0.228 e. The van der Waals surface area contributed by atoms with Gasteiger partial charge in [-0.05, 0) is 40.5 Å². The monoisotopic (exact) mass is 796 g/mol. The summed E-state index contributed by atoms with van der Waals surface area (Å²) in [5.74, 6) is 1.42. The van der Waals surface area contributed by atoms with Crippen LogP contribution in [0.15, 0.2) is 218 Å². The Bertz CT molecular complexity index is 3200. The van der Waals surface area contributed by atoms with Crippen LogP contribution in [0.2, 0.25) is 0 Å². The highest BCUT2D eigenvalue weighted by atomic mass is 32.1. The molecule has 3 aromatic heterocycles. The summed E-state index contributed by atoms with van der Waals surface area (Å²) < 4.78 is 2.54. The first-order valence-electron chi connectivity index (χ1n) is 20.4. The molecule has 4 nitrogen and oxygen atoms in total. The van der Waals surface area contributed by atoms with Crippen LogP contribution in [0.25, 0.3) is 110 Å². The fraction of sp³-hybridized carbons (Fsp3) is 0. The first-order valence-corrected chi connectivity index (χ1v) is 21.2. The molecular formula is C56H36N4S. The van der Waals surface area contributed by atoms with Crippen molar-refractivity contribution in [1.82, 2.24) is 19.9 Å². The maximum atomic E-state index is 5.07. The summed E-state index contributed by atoms with van der Waals surface area (Å²) in [6, 6.07) is 76.2. The summed E-state index contributed by atoms with van der Waals surface area (Å²) in [5.41, 5.74) is 14.5. The number of hydrogen-bond donors (Lipinski definition) is 0. The molecule has 0 saturated heterocycles. The van der Waals surface area contributed by atoms with E-state index in [-0.39, 0.29) is 0 Å². The minimum absolute atomic E-state index is 0.710. The maximum absolute atomic E-state index is 5.07. The van der Waals surface area contributed by atoms with Crippen molar-refractivity contribution in [2.24, 2.45) is 0 Å². The van der Waals surface area contributed by atoms with Crippen LogP contribution in [0.4, 0.5) is 0 Å². The standard InChI is InChI=1S/C56H36N4S/c1-5-15-39(16-6-1)48-35-50(59-55(57-48)43-19-9-3-10-20-43)41-29-25-37(26-30-41)45-33-34-46(54-53(45)47-23-13-14-24-52(47)61-54)38-27-31-42(32-28-38)51-36-49(40-17-7-2-8-18-40)58-56(60-51)44-21-11-4-12-22-44/h1-36H. The summed E-state index contributed by atoms with van der Waals surface area (Å²) >= 11 is 1.85. The van der Waals surface area contributed by atoms with Gasteiger partial charge >= 0.3 is 0 Å². The third-order valence-electron chi connectivity index (χ3n) is 11.2. The highest BCUT2D eigenvalue weighted by Gasteiger charge is 2.18. The summed E-state index contributed by atoms with van der Waals surface area (Å²) in [5, 5.41) is 2.53. The topological polar surface area (TPSA) is 51.6 Å². The predicted octanol–water partition coefficient (Wildman–Crippen LogP) is 15.0. The molecular weight excluding hydrogens is 761 g/mol. The lowest BCUT2D eigenvalue weighted by Gasteiger charge is -2.12. The second-order valence-corrected chi connectivity index (χ2v) is 16.1. The molecule has 0 radical (unpaired) electrons. The number of benzene rings is 8. The molecule has 3 heterocycles. The average Bonchev–Trinajstić information content (AvgIpc) is 3.75. The zero-order chi connectivity index (χ0) is 40.5. The molecule has 5 heteroatoms. The van der Waals surface area contributed by atoms with Gasteiger partial charge in [0.15, 0.2) is 11.6 Å². The molecule has 8 aromatic carbocycles. The first kappa shape index (κ1) is 36.2. The van der Waals surface area contributed by atoms with Gasteiger partial charge in [-0.2, -0.15) is 0 Å². The van der Waals surface area contributed by atoms with E-state index < -0.39 is 0 Å². The van der Waals surface area contributed by atoms with Gasteiger partial charge in [-0.25, -0.2) is 19.9 Å².